The molecule has 2 aromatic rings. The van der Waals surface area contributed by atoms with E-state index in [-0.39, 0.29) is 23.1 Å². The Bertz CT molecular complexity index is 868. The summed E-state index contributed by atoms with van der Waals surface area (Å²) in [6.45, 7) is 6.64. The second-order valence-electron chi connectivity index (χ2n) is 6.56. The van der Waals surface area contributed by atoms with Gasteiger partial charge in [0.05, 0.1) is 17.9 Å². The molecule has 0 unspecified atom stereocenters. The zero-order chi connectivity index (χ0) is 20.7. The van der Waals surface area contributed by atoms with E-state index in [1.165, 1.54) is 0 Å². The number of aryl methyl sites for hydroxylation is 2. The van der Waals surface area contributed by atoms with Gasteiger partial charge in [0.25, 0.3) is 11.8 Å². The van der Waals surface area contributed by atoms with Gasteiger partial charge in [-0.05, 0) is 44.0 Å². The highest BCUT2D eigenvalue weighted by molar-refractivity contribution is 9.10. The summed E-state index contributed by atoms with van der Waals surface area (Å²) < 4.78 is 6.11. The van der Waals surface area contributed by atoms with Crippen LogP contribution in [-0.4, -0.2) is 30.5 Å². The molecule has 1 aromatic carbocycles. The summed E-state index contributed by atoms with van der Waals surface area (Å²) >= 11 is 3.50. The van der Waals surface area contributed by atoms with Crippen LogP contribution < -0.4 is 10.6 Å². The largest absolute Gasteiger partial charge is 0.380 e. The Morgan fingerprint density at radius 2 is 1.89 bits per heavy atom. The Hall–Kier alpha value is -2.25. The summed E-state index contributed by atoms with van der Waals surface area (Å²) in [5.74, 6) is -0.725. The SMILES string of the molecule is CCCCNC(=O)c1nc(C)ccc1C(=O)Nc1c(C)ccc(Br)c1COC. The zero-order valence-corrected chi connectivity index (χ0v) is 18.3. The molecule has 2 amide bonds. The number of benzene rings is 1. The number of nitrogens with one attached hydrogen (secondary N) is 2. The standard InChI is InChI=1S/C21H26BrN3O3/c1-5-6-11-23-21(27)19-15(9-8-14(3)24-19)20(26)25-18-13(2)7-10-17(22)16(18)12-28-4/h7-10H,5-6,11-12H2,1-4H3,(H,23,27)(H,25,26). The summed E-state index contributed by atoms with van der Waals surface area (Å²) in [5, 5.41) is 5.76. The van der Waals surface area contributed by atoms with Crippen molar-refractivity contribution in [2.45, 2.75) is 40.2 Å². The highest BCUT2D eigenvalue weighted by atomic mass is 79.9. The zero-order valence-electron chi connectivity index (χ0n) is 16.7. The number of hydrogen-bond donors (Lipinski definition) is 2. The number of rotatable bonds is 8. The van der Waals surface area contributed by atoms with Crippen LogP contribution in [0.2, 0.25) is 0 Å². The minimum Gasteiger partial charge on any atom is -0.380 e. The van der Waals surface area contributed by atoms with E-state index >= 15 is 0 Å². The molecule has 0 atom stereocenters. The summed E-state index contributed by atoms with van der Waals surface area (Å²) in [7, 11) is 1.60. The molecule has 1 heterocycles. The van der Waals surface area contributed by atoms with Crippen molar-refractivity contribution in [1.29, 1.82) is 0 Å². The maximum atomic E-state index is 13.0. The smallest absolute Gasteiger partial charge is 0.270 e. The highest BCUT2D eigenvalue weighted by Gasteiger charge is 2.21. The molecule has 2 rings (SSSR count). The Morgan fingerprint density at radius 1 is 1.14 bits per heavy atom. The van der Waals surface area contributed by atoms with E-state index in [0.717, 1.165) is 28.4 Å². The lowest BCUT2D eigenvalue weighted by Gasteiger charge is -2.16. The number of carbonyl (C=O) groups excluding carboxylic acids is 2. The number of anilines is 1. The number of aromatic nitrogens is 1. The van der Waals surface area contributed by atoms with Gasteiger partial charge in [0.1, 0.15) is 5.69 Å². The second kappa shape index (κ2) is 10.3. The molecular weight excluding hydrogens is 422 g/mol. The first-order chi connectivity index (χ1) is 13.4. The van der Waals surface area contributed by atoms with Crippen molar-refractivity contribution in [3.05, 3.63) is 56.8 Å². The molecule has 0 aliphatic rings. The van der Waals surface area contributed by atoms with Gasteiger partial charge >= 0.3 is 0 Å². The van der Waals surface area contributed by atoms with Crippen LogP contribution in [-0.2, 0) is 11.3 Å². The molecule has 0 aliphatic carbocycles. The Balaban J connectivity index is 2.35. The van der Waals surface area contributed by atoms with Gasteiger partial charge in [-0.2, -0.15) is 0 Å². The lowest BCUT2D eigenvalue weighted by Crippen LogP contribution is -2.29. The van der Waals surface area contributed by atoms with Gasteiger partial charge in [-0.25, -0.2) is 4.98 Å². The molecule has 0 aliphatic heterocycles. The number of hydrogen-bond acceptors (Lipinski definition) is 4. The van der Waals surface area contributed by atoms with Gasteiger partial charge < -0.3 is 15.4 Å². The summed E-state index contributed by atoms with van der Waals surface area (Å²) in [6.07, 6.45) is 1.84. The normalized spacial score (nSPS) is 10.6. The fourth-order valence-electron chi connectivity index (χ4n) is 2.76. The number of unbranched alkanes of at least 4 members (excludes halogenated alkanes) is 1. The van der Waals surface area contributed by atoms with Gasteiger partial charge in [-0.3, -0.25) is 9.59 Å². The number of nitrogens with zero attached hydrogens (tertiary/aromatic N) is 1. The maximum Gasteiger partial charge on any atom is 0.270 e. The van der Waals surface area contributed by atoms with E-state index in [4.69, 9.17) is 4.74 Å². The Kier molecular flexibility index (Phi) is 8.14. The fourth-order valence-corrected chi connectivity index (χ4v) is 3.20. The van der Waals surface area contributed by atoms with Crippen LogP contribution in [0.4, 0.5) is 5.69 Å². The summed E-state index contributed by atoms with van der Waals surface area (Å²) in [4.78, 5) is 29.9. The fraction of sp³-hybridized carbons (Fsp3) is 0.381. The van der Waals surface area contributed by atoms with Gasteiger partial charge in [-0.15, -0.1) is 0 Å². The quantitative estimate of drug-likeness (QED) is 0.587. The van der Waals surface area contributed by atoms with Crippen molar-refractivity contribution in [2.24, 2.45) is 0 Å². The molecule has 0 fully saturated rings. The Morgan fingerprint density at radius 3 is 2.57 bits per heavy atom. The third-order valence-electron chi connectivity index (χ3n) is 4.30. The van der Waals surface area contributed by atoms with Gasteiger partial charge in [0.15, 0.2) is 0 Å². The average molecular weight is 448 g/mol. The second-order valence-corrected chi connectivity index (χ2v) is 7.42. The molecule has 1 aromatic heterocycles. The van der Waals surface area contributed by atoms with Crippen molar-refractivity contribution < 1.29 is 14.3 Å². The number of ether oxygens (including phenoxy) is 1. The highest BCUT2D eigenvalue weighted by Crippen LogP contribution is 2.29. The van der Waals surface area contributed by atoms with Crippen LogP contribution in [0, 0.1) is 13.8 Å². The van der Waals surface area contributed by atoms with Crippen LogP contribution in [0.15, 0.2) is 28.7 Å². The third-order valence-corrected chi connectivity index (χ3v) is 5.04. The van der Waals surface area contributed by atoms with Crippen molar-refractivity contribution in [1.82, 2.24) is 10.3 Å². The van der Waals surface area contributed by atoms with Crippen molar-refractivity contribution in [3.63, 3.8) is 0 Å². The predicted octanol–water partition coefficient (Wildman–Crippen LogP) is 4.39. The van der Waals surface area contributed by atoms with Crippen LogP contribution in [0.3, 0.4) is 0 Å². The first-order valence-electron chi connectivity index (χ1n) is 9.23. The topological polar surface area (TPSA) is 80.3 Å². The van der Waals surface area contributed by atoms with E-state index < -0.39 is 0 Å². The van der Waals surface area contributed by atoms with Gasteiger partial charge in [-0.1, -0.05) is 35.3 Å². The lowest BCUT2D eigenvalue weighted by molar-refractivity contribution is 0.0934. The van der Waals surface area contributed by atoms with E-state index in [1.807, 2.05) is 26.0 Å². The van der Waals surface area contributed by atoms with E-state index in [2.05, 4.69) is 31.5 Å². The van der Waals surface area contributed by atoms with Crippen LogP contribution in [0.5, 0.6) is 0 Å². The molecule has 0 bridgehead atoms. The van der Waals surface area contributed by atoms with Crippen LogP contribution >= 0.6 is 15.9 Å². The van der Waals surface area contributed by atoms with Gasteiger partial charge in [0.2, 0.25) is 0 Å². The first kappa shape index (κ1) is 22.0. The molecule has 0 saturated heterocycles. The monoisotopic (exact) mass is 447 g/mol. The van der Waals surface area contributed by atoms with E-state index in [9.17, 15) is 9.59 Å². The minimum atomic E-state index is -0.383. The maximum absolute atomic E-state index is 13.0. The molecule has 150 valence electrons. The van der Waals surface area contributed by atoms with E-state index in [0.29, 0.717) is 24.5 Å². The molecule has 2 N–H and O–H groups in total. The van der Waals surface area contributed by atoms with Crippen molar-refractivity contribution in [3.8, 4) is 0 Å². The molecule has 0 radical (unpaired) electrons. The van der Waals surface area contributed by atoms with Crippen LogP contribution in [0.1, 0.15) is 57.4 Å². The Labute approximate surface area is 174 Å². The van der Waals surface area contributed by atoms with Crippen molar-refractivity contribution >= 4 is 33.4 Å². The number of methoxy groups -OCH3 is 1. The summed E-state index contributed by atoms with van der Waals surface area (Å²) in [6, 6.07) is 7.18. The number of halogens is 1. The third kappa shape index (κ3) is 5.39. The number of carbonyl (C=O) groups is 2. The molecular formula is C21H26BrN3O3. The van der Waals surface area contributed by atoms with E-state index in [1.54, 1.807) is 26.2 Å². The number of amides is 2. The molecule has 0 spiro atoms. The molecule has 7 heteroatoms. The van der Waals surface area contributed by atoms with Gasteiger partial charge in [0, 0.05) is 29.4 Å². The average Bonchev–Trinajstić information content (AvgIpc) is 2.67. The lowest BCUT2D eigenvalue weighted by atomic mass is 10.1. The van der Waals surface area contributed by atoms with Crippen molar-refractivity contribution in [2.75, 3.05) is 19.0 Å². The summed E-state index contributed by atoms with van der Waals surface area (Å²) in [5.41, 5.74) is 3.45. The molecule has 28 heavy (non-hydrogen) atoms. The predicted molar refractivity (Wildman–Crippen MR) is 114 cm³/mol. The molecule has 6 nitrogen and oxygen atoms in total. The van der Waals surface area contributed by atoms with Crippen LogP contribution in [0.25, 0.3) is 0 Å². The minimum absolute atomic E-state index is 0.134. The number of pyridine rings is 1. The first-order valence-corrected chi connectivity index (χ1v) is 10.0. The molecule has 0 saturated carbocycles.